The minimum Gasteiger partial charge on any atom is -0.391 e. The minimum absolute atomic E-state index is 0.193. The lowest BCUT2D eigenvalue weighted by Crippen LogP contribution is -2.20. The topological polar surface area (TPSA) is 73.8 Å². The number of hydrogen-bond acceptors (Lipinski definition) is 5. The lowest BCUT2D eigenvalue weighted by atomic mass is 10.3. The molecule has 0 spiro atoms. The summed E-state index contributed by atoms with van der Waals surface area (Å²) in [6.07, 6.45) is 1.19. The molecule has 0 saturated carbocycles. The summed E-state index contributed by atoms with van der Waals surface area (Å²) in [5, 5.41) is 20.0. The van der Waals surface area contributed by atoms with E-state index >= 15 is 0 Å². The van der Waals surface area contributed by atoms with E-state index in [0.29, 0.717) is 6.54 Å². The summed E-state index contributed by atoms with van der Waals surface area (Å²) in [7, 11) is 0. The SMILES string of the molecule is O[C@@H]1CNC[C@H]1Sc1ncn[nH]1. The van der Waals surface area contributed by atoms with E-state index in [1.807, 2.05) is 0 Å². The smallest absolute Gasteiger partial charge is 0.183 e. The second-order valence-corrected chi connectivity index (χ2v) is 3.90. The molecular weight excluding hydrogens is 176 g/mol. The van der Waals surface area contributed by atoms with Crippen LogP contribution in [-0.2, 0) is 0 Å². The highest BCUT2D eigenvalue weighted by Crippen LogP contribution is 2.23. The Hall–Kier alpha value is -0.590. The van der Waals surface area contributed by atoms with E-state index in [4.69, 9.17) is 0 Å². The normalized spacial score (nSPS) is 29.4. The number of aliphatic hydroxyl groups is 1. The molecule has 0 bridgehead atoms. The third-order valence-electron chi connectivity index (χ3n) is 1.78. The molecule has 0 unspecified atom stereocenters. The van der Waals surface area contributed by atoms with Crippen molar-refractivity contribution in [1.82, 2.24) is 20.5 Å². The number of β-amino-alcohol motifs (C(OH)–C–C–N with tert-alkyl or cyclic N) is 1. The molecule has 1 aliphatic rings. The van der Waals surface area contributed by atoms with Crippen LogP contribution in [0.3, 0.4) is 0 Å². The van der Waals surface area contributed by atoms with E-state index in [1.54, 1.807) is 0 Å². The molecule has 2 rings (SSSR count). The van der Waals surface area contributed by atoms with E-state index in [9.17, 15) is 5.11 Å². The van der Waals surface area contributed by atoms with Gasteiger partial charge in [-0.15, -0.1) is 0 Å². The van der Waals surface area contributed by atoms with Crippen LogP contribution >= 0.6 is 11.8 Å². The highest BCUT2D eigenvalue weighted by atomic mass is 32.2. The Morgan fingerprint density at radius 1 is 1.58 bits per heavy atom. The van der Waals surface area contributed by atoms with Crippen LogP contribution in [0.2, 0.25) is 0 Å². The van der Waals surface area contributed by atoms with E-state index in [0.717, 1.165) is 11.7 Å². The van der Waals surface area contributed by atoms with Gasteiger partial charge in [-0.3, -0.25) is 5.10 Å². The van der Waals surface area contributed by atoms with Gasteiger partial charge < -0.3 is 10.4 Å². The number of thioether (sulfide) groups is 1. The first kappa shape index (κ1) is 8.03. The van der Waals surface area contributed by atoms with Gasteiger partial charge in [-0.1, -0.05) is 11.8 Å². The highest BCUT2D eigenvalue weighted by Gasteiger charge is 2.26. The number of hydrogen-bond donors (Lipinski definition) is 3. The van der Waals surface area contributed by atoms with Crippen molar-refractivity contribution in [3.8, 4) is 0 Å². The lowest BCUT2D eigenvalue weighted by Gasteiger charge is -2.09. The van der Waals surface area contributed by atoms with E-state index in [1.165, 1.54) is 18.1 Å². The molecule has 0 aromatic carbocycles. The fraction of sp³-hybridized carbons (Fsp3) is 0.667. The first-order chi connectivity index (χ1) is 5.86. The Morgan fingerprint density at radius 3 is 3.08 bits per heavy atom. The number of nitrogens with one attached hydrogen (secondary N) is 2. The second-order valence-electron chi connectivity index (χ2n) is 2.67. The van der Waals surface area contributed by atoms with Crippen molar-refractivity contribution in [2.24, 2.45) is 0 Å². The molecule has 1 aromatic heterocycles. The van der Waals surface area contributed by atoms with Gasteiger partial charge in [0.25, 0.3) is 0 Å². The van der Waals surface area contributed by atoms with Crippen molar-refractivity contribution in [3.05, 3.63) is 6.33 Å². The predicted octanol–water partition coefficient (Wildman–Crippen LogP) is -0.771. The number of rotatable bonds is 2. The second kappa shape index (κ2) is 3.42. The van der Waals surface area contributed by atoms with Crippen LogP contribution in [0, 0.1) is 0 Å². The summed E-state index contributed by atoms with van der Waals surface area (Å²) in [6.45, 7) is 1.50. The number of nitrogens with zero attached hydrogens (tertiary/aromatic N) is 2. The Labute approximate surface area is 74.0 Å². The molecule has 1 aliphatic heterocycles. The summed E-state index contributed by atoms with van der Waals surface area (Å²) in [6, 6.07) is 0. The first-order valence-electron chi connectivity index (χ1n) is 3.77. The van der Waals surface area contributed by atoms with Crippen molar-refractivity contribution < 1.29 is 5.11 Å². The number of H-pyrrole nitrogens is 1. The fourth-order valence-corrected chi connectivity index (χ4v) is 2.11. The van der Waals surface area contributed by atoms with Crippen LogP contribution < -0.4 is 5.32 Å². The van der Waals surface area contributed by atoms with Gasteiger partial charge in [0, 0.05) is 13.1 Å². The van der Waals surface area contributed by atoms with Crippen molar-refractivity contribution in [2.75, 3.05) is 13.1 Å². The zero-order chi connectivity index (χ0) is 8.39. The average molecular weight is 186 g/mol. The molecule has 1 fully saturated rings. The number of aromatic nitrogens is 3. The van der Waals surface area contributed by atoms with Crippen molar-refractivity contribution >= 4 is 11.8 Å². The number of aromatic amines is 1. The Morgan fingerprint density at radius 2 is 2.50 bits per heavy atom. The summed E-state index contributed by atoms with van der Waals surface area (Å²) in [5.41, 5.74) is 0. The molecule has 3 N–H and O–H groups in total. The van der Waals surface area contributed by atoms with Gasteiger partial charge in [0.05, 0.1) is 11.4 Å². The van der Waals surface area contributed by atoms with E-state index < -0.39 is 0 Å². The van der Waals surface area contributed by atoms with Crippen LogP contribution in [0.25, 0.3) is 0 Å². The first-order valence-corrected chi connectivity index (χ1v) is 4.65. The van der Waals surface area contributed by atoms with Gasteiger partial charge >= 0.3 is 0 Å². The molecule has 1 saturated heterocycles. The van der Waals surface area contributed by atoms with Crippen molar-refractivity contribution in [3.63, 3.8) is 0 Å². The maximum Gasteiger partial charge on any atom is 0.183 e. The molecule has 66 valence electrons. The van der Waals surface area contributed by atoms with E-state index in [-0.39, 0.29) is 11.4 Å². The summed E-state index contributed by atoms with van der Waals surface area (Å²) in [4.78, 5) is 3.97. The minimum atomic E-state index is -0.278. The lowest BCUT2D eigenvalue weighted by molar-refractivity contribution is 0.201. The third kappa shape index (κ3) is 1.60. The largest absolute Gasteiger partial charge is 0.391 e. The van der Waals surface area contributed by atoms with Gasteiger partial charge in [0.2, 0.25) is 0 Å². The summed E-state index contributed by atoms with van der Waals surface area (Å²) >= 11 is 1.52. The van der Waals surface area contributed by atoms with Gasteiger partial charge in [0.1, 0.15) is 6.33 Å². The van der Waals surface area contributed by atoms with Crippen molar-refractivity contribution in [1.29, 1.82) is 0 Å². The van der Waals surface area contributed by atoms with Gasteiger partial charge in [-0.05, 0) is 0 Å². The van der Waals surface area contributed by atoms with Gasteiger partial charge in [0.15, 0.2) is 5.16 Å². The fourth-order valence-electron chi connectivity index (χ4n) is 1.16. The van der Waals surface area contributed by atoms with Crippen molar-refractivity contribution in [2.45, 2.75) is 16.5 Å². The van der Waals surface area contributed by atoms with Crippen LogP contribution in [0.4, 0.5) is 0 Å². The molecule has 0 aliphatic carbocycles. The zero-order valence-electron chi connectivity index (χ0n) is 6.40. The van der Waals surface area contributed by atoms with Gasteiger partial charge in [-0.2, -0.15) is 5.10 Å². The van der Waals surface area contributed by atoms with Crippen LogP contribution in [0.1, 0.15) is 0 Å². The standard InChI is InChI=1S/C6H10N4OS/c11-4-1-7-2-5(4)12-6-8-3-9-10-6/h3-5,7,11H,1-2H2,(H,8,9,10)/t4-,5-/m1/s1. The van der Waals surface area contributed by atoms with Gasteiger partial charge in [-0.25, -0.2) is 4.98 Å². The quantitative estimate of drug-likeness (QED) is 0.565. The van der Waals surface area contributed by atoms with Crippen LogP contribution in [0.15, 0.2) is 11.5 Å². The summed E-state index contributed by atoms with van der Waals surface area (Å²) < 4.78 is 0. The van der Waals surface area contributed by atoms with Crippen LogP contribution in [0.5, 0.6) is 0 Å². The Kier molecular flexibility index (Phi) is 2.29. The molecular formula is C6H10N4OS. The Balaban J connectivity index is 1.95. The molecule has 1 aromatic rings. The maximum atomic E-state index is 9.44. The monoisotopic (exact) mass is 186 g/mol. The number of aliphatic hydroxyl groups excluding tert-OH is 1. The average Bonchev–Trinajstić information content (AvgIpc) is 2.65. The molecule has 2 heterocycles. The molecule has 0 amide bonds. The maximum absolute atomic E-state index is 9.44. The molecule has 5 nitrogen and oxygen atoms in total. The highest BCUT2D eigenvalue weighted by molar-refractivity contribution is 7.99. The molecule has 2 atom stereocenters. The third-order valence-corrected chi connectivity index (χ3v) is 2.99. The predicted molar refractivity (Wildman–Crippen MR) is 44.9 cm³/mol. The summed E-state index contributed by atoms with van der Waals surface area (Å²) in [5.74, 6) is 0. The van der Waals surface area contributed by atoms with Crippen LogP contribution in [-0.4, -0.2) is 44.7 Å². The molecule has 0 radical (unpaired) electrons. The molecule has 6 heteroatoms. The zero-order valence-corrected chi connectivity index (χ0v) is 7.21. The van der Waals surface area contributed by atoms with E-state index in [2.05, 4.69) is 20.5 Å². The molecule has 12 heavy (non-hydrogen) atoms. The Bertz CT molecular complexity index is 240.